The van der Waals surface area contributed by atoms with Crippen molar-refractivity contribution in [2.45, 2.75) is 32.2 Å². The van der Waals surface area contributed by atoms with E-state index >= 15 is 0 Å². The number of amides is 1. The van der Waals surface area contributed by atoms with Gasteiger partial charge >= 0.3 is 0 Å². The van der Waals surface area contributed by atoms with E-state index in [9.17, 15) is 4.79 Å². The average molecular weight is 288 g/mol. The Morgan fingerprint density at radius 2 is 2.15 bits per heavy atom. The van der Waals surface area contributed by atoms with Gasteiger partial charge in [-0.15, -0.1) is 10.2 Å². The SMILES string of the molecule is Cc1nnc(NC(=O)c2ccc(C)c(C3CC3N)c2)s1. The predicted molar refractivity (Wildman–Crippen MR) is 79.1 cm³/mol. The first-order chi connectivity index (χ1) is 9.54. The summed E-state index contributed by atoms with van der Waals surface area (Å²) in [6, 6.07) is 5.98. The quantitative estimate of drug-likeness (QED) is 0.907. The molecule has 0 saturated heterocycles. The molecule has 0 bridgehead atoms. The van der Waals surface area contributed by atoms with E-state index in [4.69, 9.17) is 5.73 Å². The van der Waals surface area contributed by atoms with Crippen LogP contribution in [-0.2, 0) is 0 Å². The standard InChI is InChI=1S/C14H16N4OS/c1-7-3-4-9(5-10(7)11-6-12(11)15)13(19)16-14-18-17-8(2)20-14/h3-5,11-12H,6,15H2,1-2H3,(H,16,18,19). The maximum atomic E-state index is 12.2. The number of aromatic nitrogens is 2. The third-order valence-corrected chi connectivity index (χ3v) is 4.28. The van der Waals surface area contributed by atoms with Gasteiger partial charge in [0.25, 0.3) is 5.91 Å². The van der Waals surface area contributed by atoms with E-state index < -0.39 is 0 Å². The molecule has 104 valence electrons. The van der Waals surface area contributed by atoms with Crippen LogP contribution in [0.3, 0.4) is 0 Å². The van der Waals surface area contributed by atoms with Crippen molar-refractivity contribution in [2.24, 2.45) is 5.73 Å². The van der Waals surface area contributed by atoms with E-state index in [-0.39, 0.29) is 11.9 Å². The number of nitrogens with one attached hydrogen (secondary N) is 1. The highest BCUT2D eigenvalue weighted by Gasteiger charge is 2.36. The van der Waals surface area contributed by atoms with Crippen LogP contribution in [0.1, 0.15) is 38.8 Å². The van der Waals surface area contributed by atoms with Gasteiger partial charge in [0.05, 0.1) is 0 Å². The molecule has 3 rings (SSSR count). The summed E-state index contributed by atoms with van der Waals surface area (Å²) < 4.78 is 0. The molecular formula is C14H16N4OS. The van der Waals surface area contributed by atoms with E-state index in [1.54, 1.807) is 0 Å². The van der Waals surface area contributed by atoms with Crippen LogP contribution in [0, 0.1) is 13.8 Å². The Bertz CT molecular complexity index is 667. The van der Waals surface area contributed by atoms with Gasteiger partial charge in [-0.05, 0) is 43.5 Å². The molecule has 1 amide bonds. The first-order valence-electron chi connectivity index (χ1n) is 6.52. The van der Waals surface area contributed by atoms with E-state index in [1.165, 1.54) is 22.5 Å². The number of carbonyl (C=O) groups is 1. The van der Waals surface area contributed by atoms with Crippen LogP contribution in [0.25, 0.3) is 0 Å². The summed E-state index contributed by atoms with van der Waals surface area (Å²) in [5.41, 5.74) is 8.90. The number of hydrogen-bond acceptors (Lipinski definition) is 5. The van der Waals surface area contributed by atoms with Crippen molar-refractivity contribution in [3.05, 3.63) is 39.9 Å². The molecular weight excluding hydrogens is 272 g/mol. The van der Waals surface area contributed by atoms with Gasteiger partial charge in [0.15, 0.2) is 0 Å². The van der Waals surface area contributed by atoms with Crippen LogP contribution in [0.15, 0.2) is 18.2 Å². The Labute approximate surface area is 121 Å². The molecule has 6 heteroatoms. The molecule has 2 unspecified atom stereocenters. The molecule has 0 aliphatic heterocycles. The Morgan fingerprint density at radius 1 is 1.40 bits per heavy atom. The molecule has 3 N–H and O–H groups in total. The lowest BCUT2D eigenvalue weighted by molar-refractivity contribution is 0.102. The zero-order valence-corrected chi connectivity index (χ0v) is 12.2. The second kappa shape index (κ2) is 4.96. The second-order valence-electron chi connectivity index (χ2n) is 5.16. The van der Waals surface area contributed by atoms with E-state index in [0.29, 0.717) is 16.6 Å². The fraction of sp³-hybridized carbons (Fsp3) is 0.357. The van der Waals surface area contributed by atoms with Gasteiger partial charge in [0.2, 0.25) is 5.13 Å². The van der Waals surface area contributed by atoms with Crippen molar-refractivity contribution in [1.82, 2.24) is 10.2 Å². The zero-order chi connectivity index (χ0) is 14.3. The number of hydrogen-bond donors (Lipinski definition) is 2. The van der Waals surface area contributed by atoms with Crippen molar-refractivity contribution < 1.29 is 4.79 Å². The van der Waals surface area contributed by atoms with Gasteiger partial charge in [0, 0.05) is 17.5 Å². The normalized spacial score (nSPS) is 20.8. The zero-order valence-electron chi connectivity index (χ0n) is 11.4. The highest BCUT2D eigenvalue weighted by Crippen LogP contribution is 2.40. The number of rotatable bonds is 3. The monoisotopic (exact) mass is 288 g/mol. The summed E-state index contributed by atoms with van der Waals surface area (Å²) in [6.07, 6.45) is 1.00. The Balaban J connectivity index is 1.81. The summed E-state index contributed by atoms with van der Waals surface area (Å²) in [6.45, 7) is 3.90. The van der Waals surface area contributed by atoms with Gasteiger partial charge < -0.3 is 5.73 Å². The molecule has 1 aromatic carbocycles. The minimum Gasteiger partial charge on any atom is -0.327 e. The lowest BCUT2D eigenvalue weighted by atomic mass is 10.0. The van der Waals surface area contributed by atoms with E-state index in [2.05, 4.69) is 22.4 Å². The van der Waals surface area contributed by atoms with Crippen molar-refractivity contribution in [3.63, 3.8) is 0 Å². The lowest BCUT2D eigenvalue weighted by Gasteiger charge is -2.08. The summed E-state index contributed by atoms with van der Waals surface area (Å²) in [7, 11) is 0. The smallest absolute Gasteiger partial charge is 0.257 e. The number of nitrogens with zero attached hydrogens (tertiary/aromatic N) is 2. The molecule has 1 aliphatic rings. The van der Waals surface area contributed by atoms with Crippen molar-refractivity contribution in [3.8, 4) is 0 Å². The van der Waals surface area contributed by atoms with Gasteiger partial charge in [0.1, 0.15) is 5.01 Å². The predicted octanol–water partition coefficient (Wildman–Crippen LogP) is 2.22. The molecule has 1 heterocycles. The minimum absolute atomic E-state index is 0.156. The van der Waals surface area contributed by atoms with Gasteiger partial charge in [-0.2, -0.15) is 0 Å². The first kappa shape index (κ1) is 13.2. The maximum Gasteiger partial charge on any atom is 0.257 e. The summed E-state index contributed by atoms with van der Waals surface area (Å²) in [4.78, 5) is 12.2. The molecule has 1 saturated carbocycles. The van der Waals surface area contributed by atoms with Gasteiger partial charge in [-0.1, -0.05) is 17.4 Å². The second-order valence-corrected chi connectivity index (χ2v) is 6.34. The van der Waals surface area contributed by atoms with Crippen molar-refractivity contribution in [2.75, 3.05) is 5.32 Å². The summed E-state index contributed by atoms with van der Waals surface area (Å²) >= 11 is 1.36. The fourth-order valence-corrected chi connectivity index (χ4v) is 2.86. The molecule has 0 spiro atoms. The summed E-state index contributed by atoms with van der Waals surface area (Å²) in [5, 5.41) is 11.9. The topological polar surface area (TPSA) is 80.9 Å². The lowest BCUT2D eigenvalue weighted by Crippen LogP contribution is -2.12. The maximum absolute atomic E-state index is 12.2. The van der Waals surface area contributed by atoms with Gasteiger partial charge in [-0.3, -0.25) is 10.1 Å². The number of nitrogens with two attached hydrogens (primary N) is 1. The molecule has 1 fully saturated rings. The van der Waals surface area contributed by atoms with Crippen LogP contribution in [0.4, 0.5) is 5.13 Å². The molecule has 1 aromatic heterocycles. The van der Waals surface area contributed by atoms with Crippen LogP contribution in [-0.4, -0.2) is 22.1 Å². The van der Waals surface area contributed by atoms with Crippen molar-refractivity contribution >= 4 is 22.4 Å². The largest absolute Gasteiger partial charge is 0.327 e. The van der Waals surface area contributed by atoms with Crippen LogP contribution in [0.2, 0.25) is 0 Å². The third-order valence-electron chi connectivity index (χ3n) is 3.53. The molecule has 2 atom stereocenters. The molecule has 1 aliphatic carbocycles. The summed E-state index contributed by atoms with van der Waals surface area (Å²) in [5.74, 6) is 0.239. The van der Waals surface area contributed by atoms with Gasteiger partial charge in [-0.25, -0.2) is 0 Å². The van der Waals surface area contributed by atoms with Crippen molar-refractivity contribution in [1.29, 1.82) is 0 Å². The number of anilines is 1. The third kappa shape index (κ3) is 2.57. The van der Waals surface area contributed by atoms with Crippen LogP contribution >= 0.6 is 11.3 Å². The van der Waals surface area contributed by atoms with Crippen LogP contribution < -0.4 is 11.1 Å². The Kier molecular flexibility index (Phi) is 3.27. The minimum atomic E-state index is -0.156. The molecule has 2 aromatic rings. The van der Waals surface area contributed by atoms with E-state index in [0.717, 1.165) is 11.4 Å². The highest BCUT2D eigenvalue weighted by atomic mass is 32.1. The molecule has 5 nitrogen and oxygen atoms in total. The number of carbonyl (C=O) groups excluding carboxylic acids is 1. The fourth-order valence-electron chi connectivity index (χ4n) is 2.27. The van der Waals surface area contributed by atoms with E-state index in [1.807, 2.05) is 25.1 Å². The highest BCUT2D eigenvalue weighted by molar-refractivity contribution is 7.15. The first-order valence-corrected chi connectivity index (χ1v) is 7.34. The average Bonchev–Trinajstić information content (AvgIpc) is 2.99. The molecule has 0 radical (unpaired) electrons. The Morgan fingerprint density at radius 3 is 2.75 bits per heavy atom. The Hall–Kier alpha value is -1.79. The molecule has 20 heavy (non-hydrogen) atoms. The number of aryl methyl sites for hydroxylation is 2. The van der Waals surface area contributed by atoms with Crippen LogP contribution in [0.5, 0.6) is 0 Å². The number of benzene rings is 1.